The van der Waals surface area contributed by atoms with Crippen molar-refractivity contribution in [2.45, 2.75) is 70.7 Å². The Kier molecular flexibility index (Phi) is 8.20. The minimum Gasteiger partial charge on any atom is -0.445 e. The van der Waals surface area contributed by atoms with Crippen LogP contribution in [0.15, 0.2) is 61.2 Å². The lowest BCUT2D eigenvalue weighted by Crippen LogP contribution is -2.57. The van der Waals surface area contributed by atoms with Crippen LogP contribution < -0.4 is 5.32 Å². The molecule has 7 heteroatoms. The quantitative estimate of drug-likeness (QED) is 0.481. The van der Waals surface area contributed by atoms with E-state index in [-0.39, 0.29) is 12.4 Å². The highest BCUT2D eigenvalue weighted by atomic mass is 19.1. The molecule has 1 heterocycles. The third kappa shape index (κ3) is 7.07. The number of benzene rings is 2. The van der Waals surface area contributed by atoms with E-state index in [1.54, 1.807) is 17.0 Å². The van der Waals surface area contributed by atoms with E-state index in [1.807, 2.05) is 58.0 Å². The zero-order valence-corrected chi connectivity index (χ0v) is 21.0. The van der Waals surface area contributed by atoms with Crippen molar-refractivity contribution in [3.8, 4) is 0 Å². The lowest BCUT2D eigenvalue weighted by molar-refractivity contribution is -0.00178. The van der Waals surface area contributed by atoms with Crippen LogP contribution in [0.2, 0.25) is 0 Å². The van der Waals surface area contributed by atoms with Gasteiger partial charge in [-0.3, -0.25) is 0 Å². The van der Waals surface area contributed by atoms with Crippen LogP contribution in [0.3, 0.4) is 0 Å². The normalized spacial score (nSPS) is 20.1. The van der Waals surface area contributed by atoms with E-state index in [9.17, 15) is 14.0 Å². The Morgan fingerprint density at radius 1 is 1.23 bits per heavy atom. The molecular formula is C28H35FN2O4. The maximum Gasteiger partial charge on any atom is 0.410 e. The molecule has 2 amide bonds. The fourth-order valence-electron chi connectivity index (χ4n) is 4.50. The second-order valence-corrected chi connectivity index (χ2v) is 10.1. The van der Waals surface area contributed by atoms with Gasteiger partial charge in [-0.25, -0.2) is 14.0 Å². The molecular weight excluding hydrogens is 447 g/mol. The van der Waals surface area contributed by atoms with Crippen LogP contribution in [0.5, 0.6) is 0 Å². The Balaban J connectivity index is 1.86. The summed E-state index contributed by atoms with van der Waals surface area (Å²) >= 11 is 0. The highest BCUT2D eigenvalue weighted by Crippen LogP contribution is 2.40. The van der Waals surface area contributed by atoms with E-state index in [0.29, 0.717) is 25.8 Å². The van der Waals surface area contributed by atoms with Gasteiger partial charge in [-0.05, 0) is 75.8 Å². The van der Waals surface area contributed by atoms with Crippen LogP contribution in [0, 0.1) is 12.7 Å². The van der Waals surface area contributed by atoms with Crippen LogP contribution in [-0.4, -0.2) is 34.8 Å². The third-order valence-corrected chi connectivity index (χ3v) is 6.13. The molecule has 1 saturated heterocycles. The summed E-state index contributed by atoms with van der Waals surface area (Å²) in [5, 5.41) is 3.06. The largest absolute Gasteiger partial charge is 0.445 e. The van der Waals surface area contributed by atoms with Crippen LogP contribution in [0.4, 0.5) is 14.0 Å². The summed E-state index contributed by atoms with van der Waals surface area (Å²) in [4.78, 5) is 27.6. The molecule has 6 nitrogen and oxygen atoms in total. The van der Waals surface area contributed by atoms with Crippen molar-refractivity contribution in [1.82, 2.24) is 10.2 Å². The number of aryl methyl sites for hydroxylation is 1. The molecule has 3 rings (SSSR count). The van der Waals surface area contributed by atoms with Gasteiger partial charge in [0.2, 0.25) is 0 Å². The number of rotatable bonds is 6. The van der Waals surface area contributed by atoms with Crippen LogP contribution in [0.1, 0.15) is 62.8 Å². The van der Waals surface area contributed by atoms with Gasteiger partial charge in [-0.1, -0.05) is 42.5 Å². The zero-order chi connectivity index (χ0) is 25.6. The lowest BCUT2D eigenvalue weighted by atomic mass is 9.78. The highest BCUT2D eigenvalue weighted by Gasteiger charge is 2.44. The summed E-state index contributed by atoms with van der Waals surface area (Å²) in [6.07, 6.45) is 2.18. The molecule has 0 radical (unpaired) electrons. The molecule has 1 aliphatic heterocycles. The standard InChI is InChI=1S/C28H35FN2O4/c1-6-14-28(30-25(32)34-19-21-10-8-7-9-11-21)15-16-31(26(33)35-27(3,4)5)24(18-28)23-13-12-22(29)17-20(23)2/h6-13,17,24H,1,14-16,18-19H2,2-5H3,(H,30,32)/t24-,28+/m1/s1. The number of carbonyl (C=O) groups is 2. The fraction of sp³-hybridized carbons (Fsp3) is 0.429. The van der Waals surface area contributed by atoms with E-state index in [4.69, 9.17) is 9.47 Å². The van der Waals surface area contributed by atoms with Crippen LogP contribution >= 0.6 is 0 Å². The van der Waals surface area contributed by atoms with Crippen molar-refractivity contribution in [2.24, 2.45) is 0 Å². The van der Waals surface area contributed by atoms with Crippen molar-refractivity contribution >= 4 is 12.2 Å². The molecule has 1 N–H and O–H groups in total. The summed E-state index contributed by atoms with van der Waals surface area (Å²) < 4.78 is 25.0. The maximum absolute atomic E-state index is 13.9. The first kappa shape index (κ1) is 26.3. The first-order valence-corrected chi connectivity index (χ1v) is 11.9. The number of ether oxygens (including phenoxy) is 2. The molecule has 0 bridgehead atoms. The highest BCUT2D eigenvalue weighted by molar-refractivity contribution is 5.70. The smallest absolute Gasteiger partial charge is 0.410 e. The van der Waals surface area contributed by atoms with Gasteiger partial charge in [0, 0.05) is 6.54 Å². The van der Waals surface area contributed by atoms with Crippen molar-refractivity contribution in [3.63, 3.8) is 0 Å². The summed E-state index contributed by atoms with van der Waals surface area (Å²) in [5.74, 6) is -0.342. The Bertz CT molecular complexity index is 1050. The number of likely N-dealkylation sites (tertiary alicyclic amines) is 1. The number of halogens is 1. The molecule has 2 atom stereocenters. The Labute approximate surface area is 207 Å². The van der Waals surface area contributed by atoms with Gasteiger partial charge in [0.25, 0.3) is 0 Å². The average Bonchev–Trinajstić information content (AvgIpc) is 2.77. The predicted molar refractivity (Wildman–Crippen MR) is 133 cm³/mol. The van der Waals surface area contributed by atoms with E-state index < -0.39 is 29.4 Å². The number of piperidine rings is 1. The molecule has 2 aromatic rings. The molecule has 0 aliphatic carbocycles. The Morgan fingerprint density at radius 3 is 2.57 bits per heavy atom. The van der Waals surface area contributed by atoms with Gasteiger partial charge >= 0.3 is 12.2 Å². The molecule has 0 spiro atoms. The number of carbonyl (C=O) groups excluding carboxylic acids is 2. The van der Waals surface area contributed by atoms with Crippen molar-refractivity contribution in [2.75, 3.05) is 6.54 Å². The van der Waals surface area contributed by atoms with Crippen molar-refractivity contribution in [3.05, 3.63) is 83.7 Å². The zero-order valence-electron chi connectivity index (χ0n) is 21.0. The van der Waals surface area contributed by atoms with E-state index >= 15 is 0 Å². The van der Waals surface area contributed by atoms with Crippen molar-refractivity contribution < 1.29 is 23.5 Å². The predicted octanol–water partition coefficient (Wildman–Crippen LogP) is 6.45. The number of hydrogen-bond donors (Lipinski definition) is 1. The number of amides is 2. The second kappa shape index (κ2) is 10.9. The number of nitrogens with zero attached hydrogens (tertiary/aromatic N) is 1. The molecule has 2 aromatic carbocycles. The third-order valence-electron chi connectivity index (χ3n) is 6.13. The average molecular weight is 483 g/mol. The summed E-state index contributed by atoms with van der Waals surface area (Å²) in [6, 6.07) is 13.6. The van der Waals surface area contributed by atoms with Crippen LogP contribution in [-0.2, 0) is 16.1 Å². The van der Waals surface area contributed by atoms with Gasteiger partial charge < -0.3 is 19.7 Å². The van der Waals surface area contributed by atoms with E-state index in [0.717, 1.165) is 16.7 Å². The number of nitrogens with one attached hydrogen (secondary N) is 1. The molecule has 0 aromatic heterocycles. The Morgan fingerprint density at radius 2 is 1.94 bits per heavy atom. The number of hydrogen-bond acceptors (Lipinski definition) is 4. The second-order valence-electron chi connectivity index (χ2n) is 10.1. The molecule has 35 heavy (non-hydrogen) atoms. The molecule has 0 unspecified atom stereocenters. The minimum absolute atomic E-state index is 0.154. The van der Waals surface area contributed by atoms with Gasteiger partial charge in [0.1, 0.15) is 18.0 Å². The fourth-order valence-corrected chi connectivity index (χ4v) is 4.50. The van der Waals surface area contributed by atoms with Crippen LogP contribution in [0.25, 0.3) is 0 Å². The minimum atomic E-state index is -0.681. The molecule has 0 saturated carbocycles. The molecule has 1 aliphatic rings. The van der Waals surface area contributed by atoms with Gasteiger partial charge in [0.05, 0.1) is 11.6 Å². The van der Waals surface area contributed by atoms with E-state index in [2.05, 4.69) is 11.9 Å². The monoisotopic (exact) mass is 482 g/mol. The number of alkyl carbamates (subject to hydrolysis) is 1. The van der Waals surface area contributed by atoms with Gasteiger partial charge in [-0.2, -0.15) is 0 Å². The molecule has 188 valence electrons. The van der Waals surface area contributed by atoms with Crippen molar-refractivity contribution in [1.29, 1.82) is 0 Å². The van der Waals surface area contributed by atoms with Gasteiger partial charge in [-0.15, -0.1) is 6.58 Å². The Hall–Kier alpha value is -3.35. The first-order chi connectivity index (χ1) is 16.5. The first-order valence-electron chi connectivity index (χ1n) is 11.9. The SMILES string of the molecule is C=CC[C@]1(NC(=O)OCc2ccccc2)CCN(C(=O)OC(C)(C)C)[C@@H](c2ccc(F)cc2C)C1. The maximum atomic E-state index is 13.9. The van der Waals surface area contributed by atoms with Gasteiger partial charge in [0.15, 0.2) is 0 Å². The summed E-state index contributed by atoms with van der Waals surface area (Å²) in [6.45, 7) is 11.7. The lowest BCUT2D eigenvalue weighted by Gasteiger charge is -2.47. The topological polar surface area (TPSA) is 67.9 Å². The molecule has 1 fully saturated rings. The van der Waals surface area contributed by atoms with E-state index in [1.165, 1.54) is 12.1 Å². The summed E-state index contributed by atoms with van der Waals surface area (Å²) in [5.41, 5.74) is 1.09. The summed E-state index contributed by atoms with van der Waals surface area (Å²) in [7, 11) is 0.